The van der Waals surface area contributed by atoms with E-state index in [-0.39, 0.29) is 0 Å². The fourth-order valence-corrected chi connectivity index (χ4v) is 8.24. The third-order valence-corrected chi connectivity index (χ3v) is 10.9. The van der Waals surface area contributed by atoms with Crippen molar-refractivity contribution in [3.8, 4) is 55.7 Å². The smallest absolute Gasteiger partial charge is 0.165 e. The lowest BCUT2D eigenvalue weighted by molar-refractivity contribution is 1.08. The molecule has 10 rings (SSSR count). The molecule has 0 aliphatic rings. The Labute approximate surface area is 299 Å². The Kier molecular flexibility index (Phi) is 7.00. The minimum atomic E-state index is 0.642. The molecule has 0 unspecified atom stereocenters. The van der Waals surface area contributed by atoms with Crippen LogP contribution in [0.15, 0.2) is 176 Å². The predicted octanol–water partition coefficient (Wildman–Crippen LogP) is 12.9. The first-order valence-electron chi connectivity index (χ1n) is 17.1. The van der Waals surface area contributed by atoms with Gasteiger partial charge in [0.25, 0.3) is 0 Å². The van der Waals surface area contributed by atoms with E-state index >= 15 is 0 Å². The summed E-state index contributed by atoms with van der Waals surface area (Å²) >= 11 is 1.80. The quantitative estimate of drug-likeness (QED) is 0.135. The number of aromatic nitrogens is 3. The highest BCUT2D eigenvalue weighted by atomic mass is 32.1. The molecule has 0 radical (unpaired) electrons. The van der Waals surface area contributed by atoms with E-state index in [9.17, 15) is 0 Å². The molecule has 51 heavy (non-hydrogen) atoms. The van der Waals surface area contributed by atoms with Crippen molar-refractivity contribution in [3.05, 3.63) is 176 Å². The molecule has 0 aliphatic carbocycles. The molecule has 0 aliphatic heterocycles. The zero-order valence-corrected chi connectivity index (χ0v) is 28.3. The molecule has 0 amide bonds. The maximum absolute atomic E-state index is 5.30. The highest BCUT2D eigenvalue weighted by Crippen LogP contribution is 2.40. The topological polar surface area (TPSA) is 38.7 Å². The maximum atomic E-state index is 5.30. The summed E-state index contributed by atoms with van der Waals surface area (Å²) in [5.41, 5.74) is 6.37. The Morgan fingerprint density at radius 2 is 0.922 bits per heavy atom. The van der Waals surface area contributed by atoms with Crippen LogP contribution in [-0.4, -0.2) is 15.0 Å². The van der Waals surface area contributed by atoms with Gasteiger partial charge in [-0.3, -0.25) is 0 Å². The van der Waals surface area contributed by atoms with Crippen molar-refractivity contribution in [1.82, 2.24) is 15.0 Å². The first-order chi connectivity index (χ1) is 25.2. The summed E-state index contributed by atoms with van der Waals surface area (Å²) in [7, 11) is 0. The largest absolute Gasteiger partial charge is 0.208 e. The van der Waals surface area contributed by atoms with Crippen molar-refractivity contribution >= 4 is 53.7 Å². The monoisotopic (exact) mass is 667 g/mol. The number of rotatable bonds is 5. The number of hydrogen-bond acceptors (Lipinski definition) is 4. The predicted molar refractivity (Wildman–Crippen MR) is 215 cm³/mol. The minimum Gasteiger partial charge on any atom is -0.208 e. The lowest BCUT2D eigenvalue weighted by atomic mass is 9.93. The van der Waals surface area contributed by atoms with Crippen molar-refractivity contribution < 1.29 is 0 Å². The second kappa shape index (κ2) is 12.1. The zero-order valence-electron chi connectivity index (χ0n) is 27.5. The van der Waals surface area contributed by atoms with Crippen LogP contribution in [0.1, 0.15) is 0 Å². The van der Waals surface area contributed by atoms with E-state index < -0.39 is 0 Å². The molecular formula is C47H29N3S. The van der Waals surface area contributed by atoms with Crippen molar-refractivity contribution in [2.45, 2.75) is 0 Å². The van der Waals surface area contributed by atoms with Crippen LogP contribution in [0.5, 0.6) is 0 Å². The van der Waals surface area contributed by atoms with E-state index in [1.54, 1.807) is 11.3 Å². The number of hydrogen-bond donors (Lipinski definition) is 0. The van der Waals surface area contributed by atoms with Crippen LogP contribution in [0.25, 0.3) is 98.1 Å². The van der Waals surface area contributed by atoms with Gasteiger partial charge in [0.2, 0.25) is 0 Å². The molecule has 8 aromatic carbocycles. The second-order valence-corrected chi connectivity index (χ2v) is 13.9. The van der Waals surface area contributed by atoms with Crippen LogP contribution in [0.3, 0.4) is 0 Å². The van der Waals surface area contributed by atoms with Crippen LogP contribution in [-0.2, 0) is 0 Å². The number of nitrogens with zero attached hydrogens (tertiary/aromatic N) is 3. The minimum absolute atomic E-state index is 0.642. The first-order valence-corrected chi connectivity index (χ1v) is 17.9. The summed E-state index contributed by atoms with van der Waals surface area (Å²) < 4.78 is 1.27. The number of thiophene rings is 1. The zero-order chi connectivity index (χ0) is 33.7. The van der Waals surface area contributed by atoms with Crippen LogP contribution in [0, 0.1) is 0 Å². The van der Waals surface area contributed by atoms with Gasteiger partial charge in [0, 0.05) is 26.3 Å². The molecule has 0 spiro atoms. The summed E-state index contributed by atoms with van der Waals surface area (Å²) in [6.07, 6.45) is 0. The Balaban J connectivity index is 1.21. The van der Waals surface area contributed by atoms with Crippen molar-refractivity contribution in [3.63, 3.8) is 0 Å². The molecule has 238 valence electrons. The van der Waals surface area contributed by atoms with Gasteiger partial charge >= 0.3 is 0 Å². The van der Waals surface area contributed by atoms with Gasteiger partial charge in [0.15, 0.2) is 17.5 Å². The van der Waals surface area contributed by atoms with E-state index in [4.69, 9.17) is 15.0 Å². The summed E-state index contributed by atoms with van der Waals surface area (Å²) in [6.45, 7) is 0. The van der Waals surface area contributed by atoms with Gasteiger partial charge < -0.3 is 0 Å². The molecule has 10 aromatic rings. The summed E-state index contributed by atoms with van der Waals surface area (Å²) in [5, 5.41) is 8.24. The fraction of sp³-hybridized carbons (Fsp3) is 0. The van der Waals surface area contributed by atoms with Crippen molar-refractivity contribution in [1.29, 1.82) is 0 Å². The van der Waals surface area contributed by atoms with Gasteiger partial charge in [-0.15, -0.1) is 11.3 Å². The molecule has 0 atom stereocenters. The van der Waals surface area contributed by atoms with Crippen LogP contribution < -0.4 is 0 Å². The van der Waals surface area contributed by atoms with Crippen molar-refractivity contribution in [2.75, 3.05) is 0 Å². The summed E-state index contributed by atoms with van der Waals surface area (Å²) in [6, 6.07) is 62.2. The average molecular weight is 668 g/mol. The highest BCUT2D eigenvalue weighted by molar-refractivity contribution is 7.22. The average Bonchev–Trinajstić information content (AvgIpc) is 3.65. The lowest BCUT2D eigenvalue weighted by Crippen LogP contribution is -2.01. The SMILES string of the molecule is c1ccc(-c2ccc(-c3nc(-c4cccc(-c5cc6ccccc6s5)c4)nc(-c4c5ccccc5cc5c4ccc4ccccc45)n3)cc2)cc1. The standard InChI is InChI=1S/C47H29N3S/c1-2-11-30(12-3-1)31-21-23-33(24-22-31)45-48-46(37-17-10-16-35(27-37)43-29-36-15-6-9-20-42(36)51-43)50-47(49-45)44-39-19-8-5-14-34(39)28-41-38-18-7-4-13-32(38)25-26-40(41)44/h1-29H. The van der Waals surface area contributed by atoms with E-state index in [2.05, 4.69) is 170 Å². The Hall–Kier alpha value is -6.49. The van der Waals surface area contributed by atoms with E-state index in [0.29, 0.717) is 17.5 Å². The number of fused-ring (bicyclic) bond motifs is 5. The van der Waals surface area contributed by atoms with Gasteiger partial charge in [-0.1, -0.05) is 152 Å². The summed E-state index contributed by atoms with van der Waals surface area (Å²) in [4.78, 5) is 17.0. The van der Waals surface area contributed by atoms with Crippen LogP contribution in [0.4, 0.5) is 0 Å². The third kappa shape index (κ3) is 5.25. The third-order valence-electron chi connectivity index (χ3n) is 9.71. The maximum Gasteiger partial charge on any atom is 0.165 e. The van der Waals surface area contributed by atoms with Gasteiger partial charge in [0.1, 0.15) is 0 Å². The highest BCUT2D eigenvalue weighted by Gasteiger charge is 2.19. The van der Waals surface area contributed by atoms with Gasteiger partial charge in [-0.25, -0.2) is 15.0 Å². The molecule has 4 heteroatoms. The fourth-order valence-electron chi connectivity index (χ4n) is 7.19. The molecule has 0 fully saturated rings. The summed E-state index contributed by atoms with van der Waals surface area (Å²) in [5.74, 6) is 1.95. The van der Waals surface area contributed by atoms with Crippen LogP contribution in [0.2, 0.25) is 0 Å². The first kappa shape index (κ1) is 29.4. The lowest BCUT2D eigenvalue weighted by Gasteiger charge is -2.15. The van der Waals surface area contributed by atoms with E-state index in [0.717, 1.165) is 44.0 Å². The van der Waals surface area contributed by atoms with E-state index in [1.165, 1.54) is 36.7 Å². The Bertz CT molecular complexity index is 2880. The van der Waals surface area contributed by atoms with Gasteiger partial charge in [-0.05, 0) is 78.7 Å². The van der Waals surface area contributed by atoms with Gasteiger partial charge in [-0.2, -0.15) is 0 Å². The molecule has 0 saturated heterocycles. The normalized spacial score (nSPS) is 11.5. The molecular weight excluding hydrogens is 639 g/mol. The molecule has 3 nitrogen and oxygen atoms in total. The molecule has 0 N–H and O–H groups in total. The number of benzene rings is 8. The van der Waals surface area contributed by atoms with Crippen LogP contribution >= 0.6 is 11.3 Å². The molecule has 2 aromatic heterocycles. The molecule has 2 heterocycles. The molecule has 0 saturated carbocycles. The Morgan fingerprint density at radius 3 is 1.75 bits per heavy atom. The van der Waals surface area contributed by atoms with Crippen molar-refractivity contribution in [2.24, 2.45) is 0 Å². The van der Waals surface area contributed by atoms with E-state index in [1.807, 2.05) is 6.07 Å². The van der Waals surface area contributed by atoms with Gasteiger partial charge in [0.05, 0.1) is 0 Å². The Morgan fingerprint density at radius 1 is 0.314 bits per heavy atom. The second-order valence-electron chi connectivity index (χ2n) is 12.8. The molecule has 0 bridgehead atoms.